The number of pyridine rings is 1. The molecule has 1 aromatic heterocycles. The quantitative estimate of drug-likeness (QED) is 0.250. The van der Waals surface area contributed by atoms with Crippen LogP contribution in [0.15, 0.2) is 41.2 Å². The van der Waals surface area contributed by atoms with Crippen LogP contribution in [0.25, 0.3) is 11.1 Å². The lowest BCUT2D eigenvalue weighted by Crippen LogP contribution is -2.40. The summed E-state index contributed by atoms with van der Waals surface area (Å²) in [5.74, 6) is -0.154. The molecule has 0 bridgehead atoms. The van der Waals surface area contributed by atoms with Crippen LogP contribution in [0.1, 0.15) is 76.5 Å². The predicted molar refractivity (Wildman–Crippen MR) is 193 cm³/mol. The van der Waals surface area contributed by atoms with Gasteiger partial charge in [-0.3, -0.25) is 19.4 Å². The fourth-order valence-electron chi connectivity index (χ4n) is 7.74. The van der Waals surface area contributed by atoms with E-state index in [0.29, 0.717) is 17.2 Å². The van der Waals surface area contributed by atoms with Crippen LogP contribution in [0.5, 0.6) is 0 Å². The van der Waals surface area contributed by atoms with Gasteiger partial charge in [0.1, 0.15) is 7.49 Å². The molecule has 1 aliphatic carbocycles. The van der Waals surface area contributed by atoms with Gasteiger partial charge in [0.25, 0.3) is 11.5 Å². The summed E-state index contributed by atoms with van der Waals surface area (Å²) >= 11 is 0. The molecule has 2 aromatic carbocycles. The second-order valence-electron chi connectivity index (χ2n) is 14.0. The monoisotopic (exact) mass is 659 g/mol. The zero-order valence-corrected chi connectivity index (χ0v) is 29.6. The zero-order chi connectivity index (χ0) is 33.1. The molecule has 2 saturated heterocycles. The summed E-state index contributed by atoms with van der Waals surface area (Å²) < 4.78 is 5.69. The number of aryl methyl sites for hydroxylation is 1. The number of nitrogens with one attached hydrogen (secondary N) is 2. The first-order valence-electron chi connectivity index (χ1n) is 17.5. The molecule has 3 heterocycles. The Hall–Kier alpha value is -3.03. The number of hydrogen-bond acceptors (Lipinski definition) is 6. The van der Waals surface area contributed by atoms with Crippen LogP contribution >= 0.6 is 7.49 Å². The molecule has 252 valence electrons. The number of anilines is 1. The van der Waals surface area contributed by atoms with Crippen molar-refractivity contribution in [2.75, 3.05) is 56.7 Å². The highest BCUT2D eigenvalue weighted by Crippen LogP contribution is 2.51. The van der Waals surface area contributed by atoms with Crippen LogP contribution in [0.2, 0.25) is 0 Å². The van der Waals surface area contributed by atoms with Gasteiger partial charge in [0.2, 0.25) is 0 Å². The van der Waals surface area contributed by atoms with Gasteiger partial charge in [0, 0.05) is 74.5 Å². The Morgan fingerprint density at radius 2 is 1.72 bits per heavy atom. The summed E-state index contributed by atoms with van der Waals surface area (Å²) in [6, 6.07) is 13.3. The van der Waals surface area contributed by atoms with Crippen LogP contribution < -0.4 is 15.8 Å². The third-order valence-corrected chi connectivity index (χ3v) is 13.0. The highest BCUT2D eigenvalue weighted by atomic mass is 31.2. The first-order chi connectivity index (χ1) is 22.6. The first-order valence-corrected chi connectivity index (χ1v) is 20.1. The van der Waals surface area contributed by atoms with E-state index in [0.717, 1.165) is 124 Å². The minimum absolute atomic E-state index is 0.0945. The Morgan fingerprint density at radius 3 is 2.40 bits per heavy atom. The third kappa shape index (κ3) is 7.67. The Labute approximate surface area is 280 Å². The molecule has 3 aromatic rings. The van der Waals surface area contributed by atoms with Crippen LogP contribution in [0, 0.1) is 13.8 Å². The Balaban J connectivity index is 1.29. The molecule has 3 N–H and O–H groups in total. The number of hydrogen-bond donors (Lipinski definition) is 3. The lowest BCUT2D eigenvalue weighted by molar-refractivity contribution is 0.0846. The third-order valence-electron chi connectivity index (χ3n) is 10.7. The SMILES string of the molecule is CCN(c1cc(-c2ccc(CN3CC[P+](C)(O)CC3)cc2)cc(C(=O)NCc2c3c(c(C)[nH]c2=O)CCCC3)c1C)C1CCOCC1. The van der Waals surface area contributed by atoms with Crippen molar-refractivity contribution in [3.8, 4) is 11.1 Å². The molecule has 6 rings (SSSR count). The van der Waals surface area contributed by atoms with E-state index < -0.39 is 7.49 Å². The topological polar surface area (TPSA) is 97.9 Å². The maximum absolute atomic E-state index is 14.0. The molecule has 9 heteroatoms. The average Bonchev–Trinajstić information content (AvgIpc) is 3.07. The fraction of sp³-hybridized carbons (Fsp3) is 0.526. The maximum atomic E-state index is 14.0. The number of fused-ring (bicyclic) bond motifs is 1. The lowest BCUT2D eigenvalue weighted by Gasteiger charge is -2.37. The van der Waals surface area contributed by atoms with Crippen LogP contribution in [0.3, 0.4) is 0 Å². The summed E-state index contributed by atoms with van der Waals surface area (Å²) in [5.41, 5.74) is 9.95. The molecule has 0 radical (unpaired) electrons. The molecule has 47 heavy (non-hydrogen) atoms. The summed E-state index contributed by atoms with van der Waals surface area (Å²) in [6.45, 7) is 13.6. The van der Waals surface area contributed by atoms with Gasteiger partial charge >= 0.3 is 0 Å². The second-order valence-corrected chi connectivity index (χ2v) is 17.5. The van der Waals surface area contributed by atoms with E-state index in [1.54, 1.807) is 0 Å². The number of ether oxygens (including phenoxy) is 1. The van der Waals surface area contributed by atoms with Crippen LogP contribution in [0.4, 0.5) is 5.69 Å². The number of rotatable bonds is 9. The predicted octanol–water partition coefficient (Wildman–Crippen LogP) is 5.84. The fourth-order valence-corrected chi connectivity index (χ4v) is 9.39. The molecule has 0 atom stereocenters. The van der Waals surface area contributed by atoms with E-state index in [2.05, 4.69) is 64.3 Å². The molecule has 1 amide bonds. The maximum Gasteiger partial charge on any atom is 0.253 e. The van der Waals surface area contributed by atoms with Crippen molar-refractivity contribution in [2.45, 2.75) is 78.4 Å². The van der Waals surface area contributed by atoms with E-state index in [4.69, 9.17) is 4.74 Å². The second kappa shape index (κ2) is 14.6. The van der Waals surface area contributed by atoms with Gasteiger partial charge < -0.3 is 19.9 Å². The summed E-state index contributed by atoms with van der Waals surface area (Å²) in [7, 11) is -1.71. The van der Waals surface area contributed by atoms with E-state index in [9.17, 15) is 14.5 Å². The molecular weight excluding hydrogens is 607 g/mol. The van der Waals surface area contributed by atoms with E-state index >= 15 is 0 Å². The van der Waals surface area contributed by atoms with Gasteiger partial charge in [0.15, 0.2) is 0 Å². The number of benzene rings is 2. The zero-order valence-electron chi connectivity index (χ0n) is 28.7. The molecule has 0 unspecified atom stereocenters. The highest BCUT2D eigenvalue weighted by Gasteiger charge is 2.34. The number of H-pyrrole nitrogens is 1. The van der Waals surface area contributed by atoms with Crippen molar-refractivity contribution in [2.24, 2.45) is 0 Å². The van der Waals surface area contributed by atoms with E-state index in [1.165, 1.54) is 11.1 Å². The van der Waals surface area contributed by atoms with Crippen molar-refractivity contribution in [3.05, 3.63) is 85.8 Å². The minimum Gasteiger partial charge on any atom is -0.381 e. The van der Waals surface area contributed by atoms with Crippen molar-refractivity contribution >= 4 is 19.1 Å². The van der Waals surface area contributed by atoms with Crippen LogP contribution in [-0.2, 0) is 30.7 Å². The normalized spacial score (nSPS) is 18.5. The molecule has 0 spiro atoms. The van der Waals surface area contributed by atoms with Gasteiger partial charge in [-0.2, -0.15) is 0 Å². The number of nitrogens with zero attached hydrogens (tertiary/aromatic N) is 2. The van der Waals surface area contributed by atoms with Gasteiger partial charge in [-0.05, 0) is 105 Å². The van der Waals surface area contributed by atoms with E-state index in [1.807, 2.05) is 19.7 Å². The number of carbonyl (C=O) groups excluding carboxylic acids is 1. The highest BCUT2D eigenvalue weighted by molar-refractivity contribution is 7.69. The smallest absolute Gasteiger partial charge is 0.253 e. The molecule has 8 nitrogen and oxygen atoms in total. The lowest BCUT2D eigenvalue weighted by atomic mass is 9.88. The molecule has 0 saturated carbocycles. The first kappa shape index (κ1) is 33.9. The summed E-state index contributed by atoms with van der Waals surface area (Å²) in [4.78, 5) is 45.5. The largest absolute Gasteiger partial charge is 0.381 e. The van der Waals surface area contributed by atoms with Gasteiger partial charge in [0.05, 0.1) is 19.0 Å². The summed E-state index contributed by atoms with van der Waals surface area (Å²) in [5, 5.41) is 3.15. The van der Waals surface area contributed by atoms with Crippen molar-refractivity contribution in [1.82, 2.24) is 15.2 Å². The number of aromatic nitrogens is 1. The molecule has 2 aliphatic heterocycles. The number of aromatic amines is 1. The molecule has 2 fully saturated rings. The molecule has 3 aliphatic rings. The Bertz CT molecular complexity index is 1630. The average molecular weight is 660 g/mol. The minimum atomic E-state index is -1.71. The summed E-state index contributed by atoms with van der Waals surface area (Å²) in [6.07, 6.45) is 7.80. The number of amides is 1. The van der Waals surface area contributed by atoms with E-state index in [-0.39, 0.29) is 18.0 Å². The Kier molecular flexibility index (Phi) is 10.5. The van der Waals surface area contributed by atoms with Crippen molar-refractivity contribution in [1.29, 1.82) is 0 Å². The van der Waals surface area contributed by atoms with Gasteiger partial charge in [-0.25, -0.2) is 0 Å². The van der Waals surface area contributed by atoms with Gasteiger partial charge in [-0.1, -0.05) is 24.3 Å². The number of carbonyl (C=O) groups is 1. The van der Waals surface area contributed by atoms with Crippen molar-refractivity contribution < 1.29 is 14.4 Å². The van der Waals surface area contributed by atoms with Gasteiger partial charge in [-0.15, -0.1) is 0 Å². The standard InChI is InChI=1S/C38H51N4O4P/c1-5-42(31-14-18-46-19-15-31)36-23-30(29-12-10-28(11-13-29)25-41-16-20-47(4,45)21-17-41)22-34(26(36)2)37(43)39-24-35-33-9-7-6-8-32(33)27(3)40-38(35)44/h10-13,22-23,31,45H,5-9,14-21,24-25H2,1-4H3,(H-,39,40,43,44)/p+1. The van der Waals surface area contributed by atoms with Crippen LogP contribution in [-0.4, -0.2) is 78.6 Å². The Morgan fingerprint density at radius 1 is 1.04 bits per heavy atom. The molecular formula is C38H52N4O4P+. The van der Waals surface area contributed by atoms with Crippen molar-refractivity contribution in [3.63, 3.8) is 0 Å².